The maximum atomic E-state index is 9.23. The van der Waals surface area contributed by atoms with Gasteiger partial charge in [0.2, 0.25) is 17.5 Å². The maximum absolute atomic E-state index is 9.23. The SMILES string of the molecule is CCOc1ccc(/C=C/c2nc(C#N)c(NCc3cccnc3)o2)cc1. The van der Waals surface area contributed by atoms with E-state index in [0.29, 0.717) is 24.9 Å². The number of rotatable bonds is 7. The molecule has 0 amide bonds. The van der Waals surface area contributed by atoms with Crippen LogP contribution in [0, 0.1) is 11.3 Å². The monoisotopic (exact) mass is 346 g/mol. The highest BCUT2D eigenvalue weighted by molar-refractivity contribution is 5.67. The highest BCUT2D eigenvalue weighted by Crippen LogP contribution is 2.20. The third kappa shape index (κ3) is 4.48. The van der Waals surface area contributed by atoms with E-state index in [1.54, 1.807) is 18.5 Å². The minimum absolute atomic E-state index is 0.222. The molecule has 0 unspecified atom stereocenters. The molecule has 6 heteroatoms. The second-order valence-corrected chi connectivity index (χ2v) is 5.39. The smallest absolute Gasteiger partial charge is 0.232 e. The van der Waals surface area contributed by atoms with Crippen LogP contribution in [0.3, 0.4) is 0 Å². The van der Waals surface area contributed by atoms with Crippen molar-refractivity contribution in [2.75, 3.05) is 11.9 Å². The predicted octanol–water partition coefficient (Wildman–Crippen LogP) is 4.12. The van der Waals surface area contributed by atoms with Gasteiger partial charge in [-0.1, -0.05) is 18.2 Å². The third-order valence-corrected chi connectivity index (χ3v) is 3.53. The minimum atomic E-state index is 0.222. The number of hydrogen-bond acceptors (Lipinski definition) is 6. The van der Waals surface area contributed by atoms with Crippen molar-refractivity contribution in [2.45, 2.75) is 13.5 Å². The number of oxazole rings is 1. The number of nitrogens with one attached hydrogen (secondary N) is 1. The summed E-state index contributed by atoms with van der Waals surface area (Å²) in [5.41, 5.74) is 2.19. The highest BCUT2D eigenvalue weighted by atomic mass is 16.5. The van der Waals surface area contributed by atoms with Crippen molar-refractivity contribution in [1.29, 1.82) is 5.26 Å². The highest BCUT2D eigenvalue weighted by Gasteiger charge is 2.11. The fourth-order valence-corrected chi connectivity index (χ4v) is 2.30. The largest absolute Gasteiger partial charge is 0.494 e. The van der Waals surface area contributed by atoms with Gasteiger partial charge < -0.3 is 14.5 Å². The topological polar surface area (TPSA) is 84.0 Å². The fourth-order valence-electron chi connectivity index (χ4n) is 2.30. The molecule has 3 rings (SSSR count). The Bertz CT molecular complexity index is 909. The van der Waals surface area contributed by atoms with Crippen LogP contribution in [0.5, 0.6) is 5.75 Å². The van der Waals surface area contributed by atoms with E-state index < -0.39 is 0 Å². The quantitative estimate of drug-likeness (QED) is 0.693. The van der Waals surface area contributed by atoms with Crippen molar-refractivity contribution < 1.29 is 9.15 Å². The molecule has 0 aliphatic rings. The van der Waals surface area contributed by atoms with E-state index in [9.17, 15) is 5.26 Å². The van der Waals surface area contributed by atoms with Crippen LogP contribution in [0.2, 0.25) is 0 Å². The van der Waals surface area contributed by atoms with Gasteiger partial charge in [0, 0.05) is 25.0 Å². The molecular weight excluding hydrogens is 328 g/mol. The Morgan fingerprint density at radius 3 is 2.77 bits per heavy atom. The molecule has 0 fully saturated rings. The zero-order chi connectivity index (χ0) is 18.2. The molecule has 0 spiro atoms. The molecular formula is C20H18N4O2. The number of anilines is 1. The maximum Gasteiger partial charge on any atom is 0.232 e. The van der Waals surface area contributed by atoms with Gasteiger partial charge in [-0.15, -0.1) is 0 Å². The van der Waals surface area contributed by atoms with Gasteiger partial charge in [-0.05, 0) is 42.3 Å². The van der Waals surface area contributed by atoms with E-state index in [4.69, 9.17) is 9.15 Å². The third-order valence-electron chi connectivity index (χ3n) is 3.53. The van der Waals surface area contributed by atoms with E-state index in [1.807, 2.05) is 55.5 Å². The first-order chi connectivity index (χ1) is 12.8. The van der Waals surface area contributed by atoms with E-state index in [-0.39, 0.29) is 5.69 Å². The fraction of sp³-hybridized carbons (Fsp3) is 0.150. The lowest BCUT2D eigenvalue weighted by Gasteiger charge is -2.02. The Balaban J connectivity index is 1.68. The number of benzene rings is 1. The van der Waals surface area contributed by atoms with Crippen LogP contribution in [-0.4, -0.2) is 16.6 Å². The Hall–Kier alpha value is -3.59. The van der Waals surface area contributed by atoms with Crippen molar-refractivity contribution in [3.63, 3.8) is 0 Å². The zero-order valence-electron chi connectivity index (χ0n) is 14.3. The van der Waals surface area contributed by atoms with Gasteiger partial charge in [0.15, 0.2) is 0 Å². The van der Waals surface area contributed by atoms with Crippen molar-refractivity contribution >= 4 is 18.0 Å². The van der Waals surface area contributed by atoms with Gasteiger partial charge in [-0.3, -0.25) is 4.98 Å². The molecule has 0 saturated carbocycles. The van der Waals surface area contributed by atoms with Crippen LogP contribution in [0.15, 0.2) is 53.2 Å². The zero-order valence-corrected chi connectivity index (χ0v) is 14.3. The molecule has 0 atom stereocenters. The second kappa shape index (κ2) is 8.49. The average molecular weight is 346 g/mol. The number of nitriles is 1. The van der Waals surface area contributed by atoms with Crippen molar-refractivity contribution in [3.8, 4) is 11.8 Å². The van der Waals surface area contributed by atoms with Crippen LogP contribution in [-0.2, 0) is 6.54 Å². The second-order valence-electron chi connectivity index (χ2n) is 5.39. The predicted molar refractivity (Wildman–Crippen MR) is 99.3 cm³/mol. The van der Waals surface area contributed by atoms with Crippen molar-refractivity contribution in [2.24, 2.45) is 0 Å². The molecule has 2 aromatic heterocycles. The summed E-state index contributed by atoms with van der Waals surface area (Å²) >= 11 is 0. The molecule has 1 N–H and O–H groups in total. The van der Waals surface area contributed by atoms with Gasteiger partial charge in [0.1, 0.15) is 11.8 Å². The van der Waals surface area contributed by atoms with Gasteiger partial charge in [-0.25, -0.2) is 0 Å². The van der Waals surface area contributed by atoms with Crippen LogP contribution >= 0.6 is 0 Å². The Morgan fingerprint density at radius 1 is 1.23 bits per heavy atom. The van der Waals surface area contributed by atoms with E-state index in [0.717, 1.165) is 16.9 Å². The molecule has 0 aliphatic heterocycles. The molecule has 2 heterocycles. The minimum Gasteiger partial charge on any atom is -0.494 e. The van der Waals surface area contributed by atoms with E-state index in [2.05, 4.69) is 15.3 Å². The number of aromatic nitrogens is 2. The number of pyridine rings is 1. The van der Waals surface area contributed by atoms with Gasteiger partial charge >= 0.3 is 0 Å². The standard InChI is InChI=1S/C20H18N4O2/c1-2-25-17-8-5-15(6-9-17)7-10-19-24-18(12-21)20(26-19)23-14-16-4-3-11-22-13-16/h3-11,13,23H,2,14H2,1H3/b10-7+. The molecule has 0 bridgehead atoms. The summed E-state index contributed by atoms with van der Waals surface area (Å²) in [5.74, 6) is 1.54. The molecule has 0 saturated heterocycles. The number of ether oxygens (including phenoxy) is 1. The molecule has 130 valence electrons. The van der Waals surface area contributed by atoms with Crippen molar-refractivity contribution in [1.82, 2.24) is 9.97 Å². The Kier molecular flexibility index (Phi) is 5.63. The van der Waals surface area contributed by atoms with Crippen LogP contribution < -0.4 is 10.1 Å². The summed E-state index contributed by atoms with van der Waals surface area (Å²) in [4.78, 5) is 8.24. The first-order valence-corrected chi connectivity index (χ1v) is 8.23. The van der Waals surface area contributed by atoms with Crippen LogP contribution in [0.1, 0.15) is 29.6 Å². The Morgan fingerprint density at radius 2 is 2.08 bits per heavy atom. The lowest BCUT2D eigenvalue weighted by atomic mass is 10.2. The number of nitrogens with zero attached hydrogens (tertiary/aromatic N) is 3. The van der Waals surface area contributed by atoms with Crippen LogP contribution in [0.25, 0.3) is 12.2 Å². The lowest BCUT2D eigenvalue weighted by molar-refractivity contribution is 0.340. The van der Waals surface area contributed by atoms with E-state index >= 15 is 0 Å². The van der Waals surface area contributed by atoms with Gasteiger partial charge in [0.25, 0.3) is 0 Å². The molecule has 0 radical (unpaired) electrons. The summed E-state index contributed by atoms with van der Waals surface area (Å²) in [6, 6.07) is 13.5. The number of hydrogen-bond donors (Lipinski definition) is 1. The van der Waals surface area contributed by atoms with Crippen LogP contribution in [0.4, 0.5) is 5.88 Å². The first kappa shape index (κ1) is 17.2. The first-order valence-electron chi connectivity index (χ1n) is 8.23. The summed E-state index contributed by atoms with van der Waals surface area (Å²) < 4.78 is 11.1. The molecule has 0 aliphatic carbocycles. The molecule has 26 heavy (non-hydrogen) atoms. The molecule has 3 aromatic rings. The van der Waals surface area contributed by atoms with Gasteiger partial charge in [-0.2, -0.15) is 10.2 Å². The average Bonchev–Trinajstić information content (AvgIpc) is 3.09. The summed E-state index contributed by atoms with van der Waals surface area (Å²) in [7, 11) is 0. The lowest BCUT2D eigenvalue weighted by Crippen LogP contribution is -1.99. The van der Waals surface area contributed by atoms with Crippen molar-refractivity contribution in [3.05, 3.63) is 71.5 Å². The summed E-state index contributed by atoms with van der Waals surface area (Å²) in [5, 5.41) is 12.3. The molecule has 1 aromatic carbocycles. The van der Waals surface area contributed by atoms with E-state index in [1.165, 1.54) is 0 Å². The Labute approximate surface area is 151 Å². The van der Waals surface area contributed by atoms with Gasteiger partial charge in [0.05, 0.1) is 6.61 Å². The normalized spacial score (nSPS) is 10.6. The summed E-state index contributed by atoms with van der Waals surface area (Å²) in [6.07, 6.45) is 7.06. The molecule has 6 nitrogen and oxygen atoms in total. The summed E-state index contributed by atoms with van der Waals surface area (Å²) in [6.45, 7) is 3.08.